The van der Waals surface area contributed by atoms with Gasteiger partial charge in [0.05, 0.1) is 6.10 Å². The van der Waals surface area contributed by atoms with Gasteiger partial charge < -0.3 is 5.11 Å². The van der Waals surface area contributed by atoms with E-state index in [-0.39, 0.29) is 22.3 Å². The molecule has 0 bridgehead atoms. The third-order valence-corrected chi connectivity index (χ3v) is 12.4. The van der Waals surface area contributed by atoms with Crippen LogP contribution in [0, 0.1) is 44.3 Å². The van der Waals surface area contributed by atoms with E-state index < -0.39 is 0 Å². The molecule has 0 aromatic heterocycles. The van der Waals surface area contributed by atoms with E-state index in [1.807, 2.05) is 0 Å². The summed E-state index contributed by atoms with van der Waals surface area (Å²) in [4.78, 5) is 0. The predicted molar refractivity (Wildman–Crippen MR) is 131 cm³/mol. The normalized spacial score (nSPS) is 52.6. The lowest BCUT2D eigenvalue weighted by Gasteiger charge is -2.68. The fraction of sp³-hybridized carbons (Fsp3) is 0.867. The Hall–Kier alpha value is -0.560. The lowest BCUT2D eigenvalue weighted by Crippen LogP contribution is -2.60. The van der Waals surface area contributed by atoms with E-state index >= 15 is 0 Å². The van der Waals surface area contributed by atoms with Crippen LogP contribution in [0.3, 0.4) is 0 Å². The summed E-state index contributed by atoms with van der Waals surface area (Å²) in [5, 5.41) is 10.9. The maximum atomic E-state index is 10.9. The second-order valence-corrected chi connectivity index (χ2v) is 14.8. The average molecular weight is 425 g/mol. The fourth-order valence-corrected chi connectivity index (χ4v) is 9.81. The minimum Gasteiger partial charge on any atom is -0.393 e. The molecule has 2 unspecified atom stereocenters. The number of rotatable bonds is 0. The minimum absolute atomic E-state index is 0.0125. The van der Waals surface area contributed by atoms with Crippen molar-refractivity contribution in [3.05, 3.63) is 23.3 Å². The Morgan fingerprint density at radius 3 is 2.13 bits per heavy atom. The van der Waals surface area contributed by atoms with Gasteiger partial charge >= 0.3 is 0 Å². The third-order valence-electron chi connectivity index (χ3n) is 12.4. The van der Waals surface area contributed by atoms with Gasteiger partial charge in [-0.1, -0.05) is 78.7 Å². The number of allylic oxidation sites excluding steroid dienone is 4. The van der Waals surface area contributed by atoms with Gasteiger partial charge in [-0.2, -0.15) is 0 Å². The molecule has 4 fully saturated rings. The Morgan fingerprint density at radius 2 is 1.42 bits per heavy atom. The van der Waals surface area contributed by atoms with Crippen molar-refractivity contribution >= 4 is 0 Å². The Balaban J connectivity index is 1.63. The summed E-state index contributed by atoms with van der Waals surface area (Å²) in [6, 6.07) is 0. The molecule has 5 aliphatic carbocycles. The third kappa shape index (κ3) is 2.71. The highest BCUT2D eigenvalue weighted by Crippen LogP contribution is 2.74. The van der Waals surface area contributed by atoms with E-state index in [2.05, 4.69) is 67.5 Å². The zero-order valence-electron chi connectivity index (χ0n) is 21.7. The van der Waals surface area contributed by atoms with E-state index in [1.165, 1.54) is 44.9 Å². The van der Waals surface area contributed by atoms with E-state index in [9.17, 15) is 5.11 Å². The van der Waals surface area contributed by atoms with Gasteiger partial charge in [-0.3, -0.25) is 0 Å². The van der Waals surface area contributed by atoms with Crippen molar-refractivity contribution in [3.8, 4) is 0 Å². The number of aliphatic hydroxyl groups is 1. The number of hydrogen-bond donors (Lipinski definition) is 1. The molecule has 4 saturated carbocycles. The Labute approximate surface area is 192 Å². The van der Waals surface area contributed by atoms with Gasteiger partial charge in [-0.25, -0.2) is 0 Å². The van der Waals surface area contributed by atoms with Crippen LogP contribution in [0.2, 0.25) is 0 Å². The number of fused-ring (bicyclic) bond motifs is 7. The molecule has 0 spiro atoms. The van der Waals surface area contributed by atoms with Gasteiger partial charge in [-0.05, 0) is 102 Å². The first-order chi connectivity index (χ1) is 14.2. The Bertz CT molecular complexity index is 844. The van der Waals surface area contributed by atoms with Crippen LogP contribution in [0.4, 0.5) is 0 Å². The van der Waals surface area contributed by atoms with E-state index in [1.54, 1.807) is 11.1 Å². The summed E-state index contributed by atoms with van der Waals surface area (Å²) in [5.41, 5.74) is 5.32. The molecule has 7 atom stereocenters. The lowest BCUT2D eigenvalue weighted by molar-refractivity contribution is -0.125. The topological polar surface area (TPSA) is 20.2 Å². The molecule has 174 valence electrons. The summed E-state index contributed by atoms with van der Waals surface area (Å²) in [6.07, 6.45) is 16.7. The van der Waals surface area contributed by atoms with Crippen molar-refractivity contribution < 1.29 is 5.11 Å². The molecule has 0 amide bonds. The van der Waals surface area contributed by atoms with Gasteiger partial charge in [0.1, 0.15) is 0 Å². The molecule has 0 saturated heterocycles. The van der Waals surface area contributed by atoms with Crippen molar-refractivity contribution in [2.45, 2.75) is 119 Å². The zero-order valence-corrected chi connectivity index (χ0v) is 21.7. The van der Waals surface area contributed by atoms with Crippen molar-refractivity contribution in [3.63, 3.8) is 0 Å². The van der Waals surface area contributed by atoms with E-state index in [4.69, 9.17) is 0 Å². The predicted octanol–water partition coefficient (Wildman–Crippen LogP) is 8.09. The average Bonchev–Trinajstić information content (AvgIpc) is 2.67. The summed E-state index contributed by atoms with van der Waals surface area (Å²) in [5.74, 6) is 1.34. The van der Waals surface area contributed by atoms with Gasteiger partial charge in [-0.15, -0.1) is 0 Å². The molecular weight excluding hydrogens is 376 g/mol. The maximum Gasteiger partial charge on any atom is 0.0594 e. The van der Waals surface area contributed by atoms with Crippen LogP contribution in [0.5, 0.6) is 0 Å². The van der Waals surface area contributed by atoms with Crippen LogP contribution in [0.1, 0.15) is 113 Å². The molecule has 0 radical (unpaired) electrons. The molecule has 0 aromatic rings. The Morgan fingerprint density at radius 1 is 0.742 bits per heavy atom. The highest BCUT2D eigenvalue weighted by molar-refractivity contribution is 5.45. The van der Waals surface area contributed by atoms with Crippen molar-refractivity contribution in [1.82, 2.24) is 0 Å². The largest absolute Gasteiger partial charge is 0.393 e. The van der Waals surface area contributed by atoms with Crippen LogP contribution < -0.4 is 0 Å². The standard InChI is InChI=1S/C30H48O/c1-25(2)15-16-27(5)17-18-29(7)20(21(27)19-25)9-10-23-28(6)13-12-24(31)26(3,4)22(28)11-14-30(23,29)8/h9-10,21-22,24,31H,11-19H2,1-8H3/t21?,22?,24-,27+,28-,29+,30+/m0/s1. The molecule has 1 N–H and O–H groups in total. The maximum absolute atomic E-state index is 10.9. The second kappa shape index (κ2) is 6.31. The quantitative estimate of drug-likeness (QED) is 0.416. The van der Waals surface area contributed by atoms with Crippen molar-refractivity contribution in [1.29, 1.82) is 0 Å². The first-order valence-electron chi connectivity index (χ1n) is 13.3. The minimum atomic E-state index is -0.152. The van der Waals surface area contributed by atoms with Crippen LogP contribution >= 0.6 is 0 Å². The highest BCUT2D eigenvalue weighted by atomic mass is 16.3. The van der Waals surface area contributed by atoms with Gasteiger partial charge in [0.2, 0.25) is 0 Å². The van der Waals surface area contributed by atoms with Crippen molar-refractivity contribution in [2.24, 2.45) is 44.3 Å². The molecule has 0 aliphatic heterocycles. The molecule has 1 nitrogen and oxygen atoms in total. The highest BCUT2D eigenvalue weighted by Gasteiger charge is 2.65. The smallest absolute Gasteiger partial charge is 0.0594 e. The zero-order chi connectivity index (χ0) is 22.7. The van der Waals surface area contributed by atoms with E-state index in [0.717, 1.165) is 18.8 Å². The lowest BCUT2D eigenvalue weighted by atomic mass is 9.36. The van der Waals surface area contributed by atoms with Crippen LogP contribution in [0.15, 0.2) is 23.3 Å². The summed E-state index contributed by atoms with van der Waals surface area (Å²) in [7, 11) is 0. The molecule has 0 aromatic carbocycles. The fourth-order valence-electron chi connectivity index (χ4n) is 9.81. The number of aliphatic hydroxyl groups excluding tert-OH is 1. The van der Waals surface area contributed by atoms with E-state index in [0.29, 0.717) is 22.2 Å². The summed E-state index contributed by atoms with van der Waals surface area (Å²) < 4.78 is 0. The first kappa shape index (κ1) is 22.2. The van der Waals surface area contributed by atoms with Gasteiger partial charge in [0.15, 0.2) is 0 Å². The molecule has 0 heterocycles. The van der Waals surface area contributed by atoms with Gasteiger partial charge in [0, 0.05) is 0 Å². The van der Waals surface area contributed by atoms with Gasteiger partial charge in [0.25, 0.3) is 0 Å². The molecule has 31 heavy (non-hydrogen) atoms. The van der Waals surface area contributed by atoms with Crippen molar-refractivity contribution in [2.75, 3.05) is 0 Å². The van der Waals surface area contributed by atoms with Crippen LogP contribution in [-0.4, -0.2) is 11.2 Å². The number of hydrogen-bond acceptors (Lipinski definition) is 1. The summed E-state index contributed by atoms with van der Waals surface area (Å²) >= 11 is 0. The molecule has 5 rings (SSSR count). The summed E-state index contributed by atoms with van der Waals surface area (Å²) in [6.45, 7) is 20.2. The molecular formula is C30H48O. The SMILES string of the molecule is CC1(C)CC[C@]2(C)CC[C@]3(C)C(=CC=C4[C@@]5(C)CC[C@H](O)C(C)(C)C5CC[C@]43C)C2C1. The molecule has 5 aliphatic rings. The molecule has 1 heteroatoms. The Kier molecular flexibility index (Phi) is 4.53. The van der Waals surface area contributed by atoms with Crippen LogP contribution in [0.25, 0.3) is 0 Å². The van der Waals surface area contributed by atoms with Crippen LogP contribution in [-0.2, 0) is 0 Å². The monoisotopic (exact) mass is 424 g/mol. The second-order valence-electron chi connectivity index (χ2n) is 14.8. The first-order valence-corrected chi connectivity index (χ1v) is 13.3.